The van der Waals surface area contributed by atoms with E-state index in [1.54, 1.807) is 11.1 Å². The Morgan fingerprint density at radius 2 is 2.07 bits per heavy atom. The summed E-state index contributed by atoms with van der Waals surface area (Å²) in [6.45, 7) is 6.77. The number of hydrogen-bond donors (Lipinski definition) is 2. The summed E-state index contributed by atoms with van der Waals surface area (Å²) in [5, 5.41) is 17.1. The number of likely N-dealkylation sites (tertiary alicyclic amines) is 1. The fourth-order valence-corrected chi connectivity index (χ4v) is 4.71. The van der Waals surface area contributed by atoms with Crippen LogP contribution in [-0.2, 0) is 4.79 Å². The summed E-state index contributed by atoms with van der Waals surface area (Å²) in [6.07, 6.45) is 4.10. The molecule has 1 saturated carbocycles. The lowest BCUT2D eigenvalue weighted by Gasteiger charge is -2.23. The normalized spacial score (nSPS) is 23.7. The molecule has 1 aromatic carbocycles. The summed E-state index contributed by atoms with van der Waals surface area (Å²) in [5.41, 5.74) is 3.95. The summed E-state index contributed by atoms with van der Waals surface area (Å²) in [4.78, 5) is 26.3. The van der Waals surface area contributed by atoms with E-state index in [0.717, 1.165) is 35.3 Å². The molecule has 2 amide bonds. The minimum atomic E-state index is -0.774. The molecule has 28 heavy (non-hydrogen) atoms. The highest BCUT2D eigenvalue weighted by atomic mass is 16.4. The van der Waals surface area contributed by atoms with Gasteiger partial charge in [0.25, 0.3) is 0 Å². The second-order valence-electron chi connectivity index (χ2n) is 8.21. The molecule has 148 valence electrons. The van der Waals surface area contributed by atoms with Crippen molar-refractivity contribution in [3.05, 3.63) is 41.2 Å². The van der Waals surface area contributed by atoms with Gasteiger partial charge in [-0.15, -0.1) is 0 Å². The Labute approximate surface area is 164 Å². The maximum atomic E-state index is 12.8. The molecule has 0 spiro atoms. The molecule has 1 aromatic heterocycles. The Balaban J connectivity index is 1.53. The Morgan fingerprint density at radius 3 is 2.79 bits per heavy atom. The van der Waals surface area contributed by atoms with E-state index in [1.165, 1.54) is 0 Å². The van der Waals surface area contributed by atoms with Gasteiger partial charge in [0, 0.05) is 13.1 Å². The number of rotatable bonds is 3. The monoisotopic (exact) mass is 382 g/mol. The molecule has 1 aliphatic carbocycles. The number of carbonyl (C=O) groups is 2. The molecule has 2 heterocycles. The van der Waals surface area contributed by atoms with Crippen LogP contribution in [0.3, 0.4) is 0 Å². The molecule has 0 bridgehead atoms. The Kier molecular flexibility index (Phi) is 4.40. The van der Waals surface area contributed by atoms with Crippen LogP contribution in [0.1, 0.15) is 36.1 Å². The molecule has 0 radical (unpaired) electrons. The average Bonchev–Trinajstić information content (AvgIpc) is 3.31. The van der Waals surface area contributed by atoms with E-state index < -0.39 is 11.4 Å². The number of nitrogens with one attached hydrogen (secondary N) is 1. The summed E-state index contributed by atoms with van der Waals surface area (Å²) in [5.74, 6) is -0.723. The molecule has 7 heteroatoms. The number of aromatic nitrogens is 2. The molecule has 2 aliphatic rings. The predicted octanol–water partition coefficient (Wildman–Crippen LogP) is 3.52. The van der Waals surface area contributed by atoms with Crippen LogP contribution in [0.4, 0.5) is 10.5 Å². The van der Waals surface area contributed by atoms with E-state index >= 15 is 0 Å². The lowest BCUT2D eigenvalue weighted by atomic mass is 9.81. The van der Waals surface area contributed by atoms with Gasteiger partial charge >= 0.3 is 12.0 Å². The summed E-state index contributed by atoms with van der Waals surface area (Å²) >= 11 is 0. The molecule has 1 aliphatic heterocycles. The largest absolute Gasteiger partial charge is 0.481 e. The van der Waals surface area contributed by atoms with Crippen molar-refractivity contribution in [1.82, 2.24) is 14.7 Å². The average molecular weight is 382 g/mol. The van der Waals surface area contributed by atoms with Gasteiger partial charge < -0.3 is 15.3 Å². The molecular formula is C21H26N4O3. The Hall–Kier alpha value is -2.83. The molecule has 2 N–H and O–H groups in total. The minimum Gasteiger partial charge on any atom is -0.481 e. The number of benzene rings is 1. The van der Waals surface area contributed by atoms with Crippen molar-refractivity contribution in [1.29, 1.82) is 0 Å². The van der Waals surface area contributed by atoms with Crippen molar-refractivity contribution in [2.45, 2.75) is 40.0 Å². The number of anilines is 1. The summed E-state index contributed by atoms with van der Waals surface area (Å²) < 4.78 is 1.83. The predicted molar refractivity (Wildman–Crippen MR) is 106 cm³/mol. The van der Waals surface area contributed by atoms with Crippen LogP contribution in [0.15, 0.2) is 24.4 Å². The van der Waals surface area contributed by atoms with Gasteiger partial charge in [-0.25, -0.2) is 9.48 Å². The topological polar surface area (TPSA) is 87.5 Å². The van der Waals surface area contributed by atoms with Crippen molar-refractivity contribution >= 4 is 17.7 Å². The molecule has 2 atom stereocenters. The van der Waals surface area contributed by atoms with Gasteiger partial charge in [-0.1, -0.05) is 18.6 Å². The van der Waals surface area contributed by atoms with Crippen LogP contribution in [0, 0.1) is 32.1 Å². The molecule has 4 rings (SSSR count). The first-order chi connectivity index (χ1) is 13.3. The van der Waals surface area contributed by atoms with Crippen LogP contribution in [0.5, 0.6) is 0 Å². The highest BCUT2D eigenvalue weighted by molar-refractivity contribution is 5.91. The van der Waals surface area contributed by atoms with E-state index in [4.69, 9.17) is 0 Å². The number of carboxylic acid groups (broad SMARTS) is 1. The van der Waals surface area contributed by atoms with Gasteiger partial charge in [0.15, 0.2) is 0 Å². The smallest absolute Gasteiger partial charge is 0.321 e. The number of amides is 2. The number of hydrogen-bond acceptors (Lipinski definition) is 3. The number of nitrogens with zero attached hydrogens (tertiary/aromatic N) is 3. The van der Waals surface area contributed by atoms with Crippen LogP contribution in [-0.4, -0.2) is 44.9 Å². The standard InChI is InChI=1S/C21H26N4O3/c1-13-6-7-14(2)18(9-13)25-15(3)17(10-22-25)23-20(28)24-11-16-5-4-8-21(16,12-24)19(26)27/h6-7,9-10,16H,4-5,8,11-12H2,1-3H3,(H,23,28)(H,26,27)/t16-,21+/m0/s1. The third-order valence-electron chi connectivity index (χ3n) is 6.43. The van der Waals surface area contributed by atoms with E-state index in [-0.39, 0.29) is 18.5 Å². The van der Waals surface area contributed by atoms with E-state index in [1.807, 2.05) is 25.5 Å². The highest BCUT2D eigenvalue weighted by Gasteiger charge is 2.55. The van der Waals surface area contributed by atoms with Gasteiger partial charge in [-0.05, 0) is 56.7 Å². The van der Waals surface area contributed by atoms with Crippen molar-refractivity contribution in [2.24, 2.45) is 11.3 Å². The van der Waals surface area contributed by atoms with Crippen LogP contribution < -0.4 is 5.32 Å². The molecular weight excluding hydrogens is 356 g/mol. The Morgan fingerprint density at radius 1 is 1.29 bits per heavy atom. The fourth-order valence-electron chi connectivity index (χ4n) is 4.71. The number of aryl methyl sites for hydroxylation is 2. The number of urea groups is 1. The van der Waals surface area contributed by atoms with Gasteiger partial charge in [-0.3, -0.25) is 4.79 Å². The second-order valence-corrected chi connectivity index (χ2v) is 8.21. The van der Waals surface area contributed by atoms with E-state index in [9.17, 15) is 14.7 Å². The molecule has 0 unspecified atom stereocenters. The van der Waals surface area contributed by atoms with Gasteiger partial charge in [-0.2, -0.15) is 5.10 Å². The van der Waals surface area contributed by atoms with Gasteiger partial charge in [0.1, 0.15) is 0 Å². The van der Waals surface area contributed by atoms with Crippen molar-refractivity contribution < 1.29 is 14.7 Å². The first kappa shape index (κ1) is 18.5. The summed E-state index contributed by atoms with van der Waals surface area (Å²) in [6, 6.07) is 5.93. The lowest BCUT2D eigenvalue weighted by molar-refractivity contribution is -0.149. The number of carbonyl (C=O) groups excluding carboxylic acids is 1. The first-order valence-corrected chi connectivity index (χ1v) is 9.73. The highest BCUT2D eigenvalue weighted by Crippen LogP contribution is 2.49. The van der Waals surface area contributed by atoms with Gasteiger partial charge in [0.2, 0.25) is 0 Å². The van der Waals surface area contributed by atoms with Crippen molar-refractivity contribution in [3.63, 3.8) is 0 Å². The molecule has 1 saturated heterocycles. The van der Waals surface area contributed by atoms with E-state index in [0.29, 0.717) is 18.7 Å². The van der Waals surface area contributed by atoms with E-state index in [2.05, 4.69) is 28.6 Å². The van der Waals surface area contributed by atoms with Crippen molar-refractivity contribution in [3.8, 4) is 5.69 Å². The molecule has 7 nitrogen and oxygen atoms in total. The Bertz CT molecular complexity index is 951. The number of aliphatic carboxylic acids is 1. The van der Waals surface area contributed by atoms with Gasteiger partial charge in [0.05, 0.1) is 28.7 Å². The third-order valence-corrected chi connectivity index (χ3v) is 6.43. The maximum absolute atomic E-state index is 12.8. The second kappa shape index (κ2) is 6.65. The first-order valence-electron chi connectivity index (χ1n) is 9.73. The van der Waals surface area contributed by atoms with Crippen LogP contribution in [0.2, 0.25) is 0 Å². The molecule has 2 fully saturated rings. The zero-order chi connectivity index (χ0) is 20.1. The minimum absolute atomic E-state index is 0.0505. The SMILES string of the molecule is Cc1ccc(C)c(-n2ncc(NC(=O)N3C[C@@H]4CCC[C@@]4(C(=O)O)C3)c2C)c1. The third kappa shape index (κ3) is 2.85. The quantitative estimate of drug-likeness (QED) is 0.850. The number of carboxylic acids is 1. The maximum Gasteiger partial charge on any atom is 0.321 e. The van der Waals surface area contributed by atoms with Crippen LogP contribution >= 0.6 is 0 Å². The molecule has 2 aromatic rings. The lowest BCUT2D eigenvalue weighted by Crippen LogP contribution is -2.38. The zero-order valence-electron chi connectivity index (χ0n) is 16.5. The zero-order valence-corrected chi connectivity index (χ0v) is 16.5. The van der Waals surface area contributed by atoms with Crippen molar-refractivity contribution in [2.75, 3.05) is 18.4 Å². The summed E-state index contributed by atoms with van der Waals surface area (Å²) in [7, 11) is 0. The fraction of sp³-hybridized carbons (Fsp3) is 0.476. The number of fused-ring (bicyclic) bond motifs is 1. The van der Waals surface area contributed by atoms with Crippen LogP contribution in [0.25, 0.3) is 5.69 Å².